The molecule has 0 radical (unpaired) electrons. The Morgan fingerprint density at radius 2 is 1.69 bits per heavy atom. The Kier molecular flexibility index (Phi) is 5.90. The molecule has 1 aromatic carbocycles. The van der Waals surface area contributed by atoms with Crippen LogP contribution < -0.4 is 10.2 Å². The molecule has 36 heavy (non-hydrogen) atoms. The first-order valence-corrected chi connectivity index (χ1v) is 13.5. The second-order valence-electron chi connectivity index (χ2n) is 11.8. The zero-order valence-corrected chi connectivity index (χ0v) is 20.9. The minimum atomic E-state index is -0.794. The standard InChI is InChI=1S/C28H35N3O5/c1-17(32)29-21-4-6-22(7-5-21)31-25(33)12-24(26(31)34)30(16-23-3-2-8-36-23)27(35)28-13-18-9-19(14-28)11-20(10-18)15-28/h4-7,18-20,23-24H,2-3,8-16H2,1H3,(H,29,32). The highest BCUT2D eigenvalue weighted by Gasteiger charge is 2.57. The van der Waals surface area contributed by atoms with Gasteiger partial charge < -0.3 is 15.0 Å². The molecular formula is C28H35N3O5. The number of carbonyl (C=O) groups excluding carboxylic acids is 4. The highest BCUT2D eigenvalue weighted by Crippen LogP contribution is 2.60. The van der Waals surface area contributed by atoms with E-state index in [0.717, 1.165) is 32.1 Å². The summed E-state index contributed by atoms with van der Waals surface area (Å²) in [5.41, 5.74) is 0.671. The fraction of sp³-hybridized carbons (Fsp3) is 0.643. The number of nitrogens with zero attached hydrogens (tertiary/aromatic N) is 2. The van der Waals surface area contributed by atoms with E-state index in [1.54, 1.807) is 29.2 Å². The summed E-state index contributed by atoms with van der Waals surface area (Å²) in [5, 5.41) is 2.70. The number of rotatable bonds is 6. The molecule has 6 fully saturated rings. The third-order valence-electron chi connectivity index (χ3n) is 9.12. The lowest BCUT2D eigenvalue weighted by molar-refractivity contribution is -0.163. The van der Waals surface area contributed by atoms with Crippen molar-refractivity contribution in [1.29, 1.82) is 0 Å². The molecule has 0 spiro atoms. The van der Waals surface area contributed by atoms with Crippen LogP contribution in [0.25, 0.3) is 0 Å². The molecule has 0 aromatic heterocycles. The SMILES string of the molecule is CC(=O)Nc1ccc(N2C(=O)CC(N(CC3CCCO3)C(=O)C34CC5CC(CC(C5)C3)C4)C2=O)cc1. The normalized spacial score (nSPS) is 34.9. The summed E-state index contributed by atoms with van der Waals surface area (Å²) in [6.07, 6.45) is 8.20. The zero-order chi connectivity index (χ0) is 25.0. The van der Waals surface area contributed by atoms with Gasteiger partial charge in [-0.1, -0.05) is 0 Å². The van der Waals surface area contributed by atoms with Gasteiger partial charge in [0.15, 0.2) is 0 Å². The van der Waals surface area contributed by atoms with E-state index in [1.807, 2.05) is 0 Å². The molecule has 8 heteroatoms. The maximum absolute atomic E-state index is 14.4. The Bertz CT molecular complexity index is 1040. The van der Waals surface area contributed by atoms with Crippen molar-refractivity contribution in [1.82, 2.24) is 4.90 Å². The molecule has 4 amide bonds. The summed E-state index contributed by atoms with van der Waals surface area (Å²) in [4.78, 5) is 55.5. The van der Waals surface area contributed by atoms with Gasteiger partial charge in [-0.3, -0.25) is 19.2 Å². The van der Waals surface area contributed by atoms with Crippen LogP contribution in [-0.4, -0.2) is 53.8 Å². The molecule has 4 saturated carbocycles. The first kappa shape index (κ1) is 23.6. The van der Waals surface area contributed by atoms with E-state index in [4.69, 9.17) is 4.74 Å². The Balaban J connectivity index is 1.27. The molecule has 4 bridgehead atoms. The van der Waals surface area contributed by atoms with Gasteiger partial charge in [-0.05, 0) is 93.4 Å². The van der Waals surface area contributed by atoms with Gasteiger partial charge in [0.25, 0.3) is 5.91 Å². The number of amides is 4. The van der Waals surface area contributed by atoms with Crippen LogP contribution in [0.3, 0.4) is 0 Å². The smallest absolute Gasteiger partial charge is 0.257 e. The average Bonchev–Trinajstić information content (AvgIpc) is 3.44. The van der Waals surface area contributed by atoms with Crippen LogP contribution in [0, 0.1) is 23.2 Å². The molecule has 7 rings (SSSR count). The Labute approximate surface area is 211 Å². The minimum absolute atomic E-state index is 0.00287. The summed E-state index contributed by atoms with van der Waals surface area (Å²) in [7, 11) is 0. The molecule has 8 nitrogen and oxygen atoms in total. The fourth-order valence-corrected chi connectivity index (χ4v) is 8.06. The van der Waals surface area contributed by atoms with Crippen LogP contribution in [0.5, 0.6) is 0 Å². The topological polar surface area (TPSA) is 96.0 Å². The lowest BCUT2D eigenvalue weighted by Crippen LogP contribution is -2.58. The van der Waals surface area contributed by atoms with Crippen molar-refractivity contribution >= 4 is 35.0 Å². The number of nitrogens with one attached hydrogen (secondary N) is 1. The monoisotopic (exact) mass is 493 g/mol. The highest BCUT2D eigenvalue weighted by atomic mass is 16.5. The summed E-state index contributed by atoms with van der Waals surface area (Å²) < 4.78 is 5.89. The molecule has 1 N–H and O–H groups in total. The summed E-state index contributed by atoms with van der Waals surface area (Å²) in [5.74, 6) is 1.09. The van der Waals surface area contributed by atoms with Gasteiger partial charge in [-0.15, -0.1) is 0 Å². The van der Waals surface area contributed by atoms with Gasteiger partial charge in [-0.2, -0.15) is 0 Å². The molecule has 2 heterocycles. The molecule has 6 aliphatic rings. The summed E-state index contributed by atoms with van der Waals surface area (Å²) in [6, 6.07) is 5.88. The predicted molar refractivity (Wildman–Crippen MR) is 133 cm³/mol. The number of hydrogen-bond acceptors (Lipinski definition) is 5. The number of benzene rings is 1. The van der Waals surface area contributed by atoms with Gasteiger partial charge in [0.05, 0.1) is 23.6 Å². The second-order valence-corrected chi connectivity index (χ2v) is 11.8. The van der Waals surface area contributed by atoms with Gasteiger partial charge >= 0.3 is 0 Å². The predicted octanol–water partition coefficient (Wildman–Crippen LogP) is 3.50. The van der Waals surface area contributed by atoms with E-state index in [2.05, 4.69) is 5.32 Å². The highest BCUT2D eigenvalue weighted by molar-refractivity contribution is 6.23. The van der Waals surface area contributed by atoms with Crippen molar-refractivity contribution in [2.75, 3.05) is 23.4 Å². The molecule has 1 aromatic rings. The first-order valence-electron chi connectivity index (χ1n) is 13.5. The molecule has 2 saturated heterocycles. The zero-order valence-electron chi connectivity index (χ0n) is 20.9. The third-order valence-corrected chi connectivity index (χ3v) is 9.12. The number of carbonyl (C=O) groups is 4. The third kappa shape index (κ3) is 4.13. The number of hydrogen-bond donors (Lipinski definition) is 1. The van der Waals surface area contributed by atoms with E-state index in [9.17, 15) is 19.2 Å². The fourth-order valence-electron chi connectivity index (χ4n) is 8.06. The molecule has 192 valence electrons. The Hall–Kier alpha value is -2.74. The van der Waals surface area contributed by atoms with E-state index in [-0.39, 0.29) is 41.6 Å². The largest absolute Gasteiger partial charge is 0.376 e. The van der Waals surface area contributed by atoms with Crippen LogP contribution in [0.1, 0.15) is 64.7 Å². The minimum Gasteiger partial charge on any atom is -0.376 e. The van der Waals surface area contributed by atoms with Gasteiger partial charge in [0.1, 0.15) is 6.04 Å². The van der Waals surface area contributed by atoms with Crippen molar-refractivity contribution in [3.63, 3.8) is 0 Å². The number of ether oxygens (including phenoxy) is 1. The van der Waals surface area contributed by atoms with E-state index >= 15 is 0 Å². The lowest BCUT2D eigenvalue weighted by Gasteiger charge is -2.57. The lowest BCUT2D eigenvalue weighted by atomic mass is 9.49. The van der Waals surface area contributed by atoms with Crippen molar-refractivity contribution in [2.45, 2.75) is 76.9 Å². The van der Waals surface area contributed by atoms with Crippen LogP contribution >= 0.6 is 0 Å². The van der Waals surface area contributed by atoms with Crippen LogP contribution in [0.2, 0.25) is 0 Å². The van der Waals surface area contributed by atoms with E-state index in [0.29, 0.717) is 42.3 Å². The maximum atomic E-state index is 14.4. The van der Waals surface area contributed by atoms with Crippen molar-refractivity contribution in [3.05, 3.63) is 24.3 Å². The summed E-state index contributed by atoms with van der Waals surface area (Å²) in [6.45, 7) is 2.48. The van der Waals surface area contributed by atoms with E-state index < -0.39 is 6.04 Å². The van der Waals surface area contributed by atoms with Gasteiger partial charge in [-0.25, -0.2) is 4.90 Å². The van der Waals surface area contributed by atoms with Crippen molar-refractivity contribution < 1.29 is 23.9 Å². The number of anilines is 2. The first-order chi connectivity index (χ1) is 17.3. The Morgan fingerprint density at radius 3 is 2.25 bits per heavy atom. The molecule has 2 atom stereocenters. The molecule has 2 unspecified atom stereocenters. The van der Waals surface area contributed by atoms with Gasteiger partial charge in [0, 0.05) is 25.8 Å². The summed E-state index contributed by atoms with van der Waals surface area (Å²) >= 11 is 0. The average molecular weight is 494 g/mol. The molecule has 4 aliphatic carbocycles. The van der Waals surface area contributed by atoms with Crippen LogP contribution in [0.4, 0.5) is 11.4 Å². The molecule has 2 aliphatic heterocycles. The second kappa shape index (κ2) is 8.98. The quantitative estimate of drug-likeness (QED) is 0.612. The number of imide groups is 1. The van der Waals surface area contributed by atoms with Crippen molar-refractivity contribution in [3.8, 4) is 0 Å². The Morgan fingerprint density at radius 1 is 1.06 bits per heavy atom. The molecular weight excluding hydrogens is 458 g/mol. The maximum Gasteiger partial charge on any atom is 0.257 e. The van der Waals surface area contributed by atoms with Gasteiger partial charge in [0.2, 0.25) is 17.7 Å². The van der Waals surface area contributed by atoms with Crippen LogP contribution in [0.15, 0.2) is 24.3 Å². The van der Waals surface area contributed by atoms with E-state index in [1.165, 1.54) is 31.1 Å². The van der Waals surface area contributed by atoms with Crippen LogP contribution in [-0.2, 0) is 23.9 Å². The van der Waals surface area contributed by atoms with Crippen molar-refractivity contribution in [2.24, 2.45) is 23.2 Å².